The van der Waals surface area contributed by atoms with Gasteiger partial charge in [-0.05, 0) is 280 Å². The molecular formula is C82H134O19. The molecule has 0 heterocycles. The average molecular weight is 1420 g/mol. The van der Waals surface area contributed by atoms with Crippen LogP contribution >= 0.6 is 0 Å². The van der Waals surface area contributed by atoms with Crippen molar-refractivity contribution in [3.63, 3.8) is 0 Å². The summed E-state index contributed by atoms with van der Waals surface area (Å²) in [6, 6.07) is 0. The van der Waals surface area contributed by atoms with Crippen molar-refractivity contribution in [3.8, 4) is 0 Å². The third-order valence-electron chi connectivity index (χ3n) is 31.3. The minimum atomic E-state index is -1.14. The number of hydrogen-bond donors (Lipinski definition) is 9. The lowest BCUT2D eigenvalue weighted by atomic mass is 9.74. The van der Waals surface area contributed by atoms with Gasteiger partial charge >= 0.3 is 47.8 Å². The van der Waals surface area contributed by atoms with Crippen LogP contribution in [0.4, 0.5) is 0 Å². The predicted molar refractivity (Wildman–Crippen MR) is 383 cm³/mol. The fourth-order valence-corrected chi connectivity index (χ4v) is 24.0. The molecule has 0 aromatic heterocycles. The number of carboxylic acids is 6. The monoisotopic (exact) mass is 1420 g/mol. The molecule has 13 aliphatic carbocycles. The van der Waals surface area contributed by atoms with Crippen LogP contribution in [0.5, 0.6) is 0 Å². The standard InChI is InChI=1S/C13H20O4.C13H22O2.C12H18O4.C12H20O2.C11H18O3.C11H18O2.C10H18O2/c1-7-8(2)10-5-9(7)6-11(10)13(16)17-4-3-12(14)15;1-7-8(2)12-5-10(7)4-11(12)6-13(15)9(3)14;1-6-7(2)9-3-8(6)4-10(9)12(15)16-5-11(13)14;1-7-8(2)11-6-10(7)5-9(11)3-4-12(13)14;1-5-6(2)8-3-7(5)4-9(8)10(12)11(13)14;1-6-7(2)10-4-8(6)3-9(10)5-11(12)13;1-3-7-5-8(4-2)9(6-7)10(11)12/h7-11H,3-6H2,1-2H3,(H,14,15);7-8,10-15H,3-6H2,1-2H3;6-10H,3-5H2,1-2H3,(H,13,14);7-11H,3-6H2,1-2H3,(H,13,14);5-10,12H,3-4H2,1-2H3,(H,13,14);6-10H,3-5H2,1-2H3,(H,12,13);7-9H,3-6H2,1-2H3,(H,11,12). The van der Waals surface area contributed by atoms with Gasteiger partial charge in [-0.3, -0.25) is 28.8 Å². The molecule has 13 fully saturated rings. The normalized spacial score (nSPS) is 43.3. The highest BCUT2D eigenvalue weighted by Crippen LogP contribution is 2.61. The molecule has 13 saturated carbocycles. The molecule has 19 nitrogen and oxygen atoms in total. The number of rotatable bonds is 20. The van der Waals surface area contributed by atoms with Crippen LogP contribution in [0, 0.1) is 195 Å². The molecule has 576 valence electrons. The molecule has 0 aliphatic heterocycles. The van der Waals surface area contributed by atoms with E-state index < -0.39 is 54.6 Å². The van der Waals surface area contributed by atoms with E-state index in [-0.39, 0.29) is 54.4 Å². The van der Waals surface area contributed by atoms with Crippen LogP contribution in [-0.4, -0.2) is 119 Å². The summed E-state index contributed by atoms with van der Waals surface area (Å²) in [6.07, 6.45) is 18.4. The van der Waals surface area contributed by atoms with Gasteiger partial charge in [0.1, 0.15) is 18.5 Å². The smallest absolute Gasteiger partial charge is 0.341 e. The first-order chi connectivity index (χ1) is 47.4. The second kappa shape index (κ2) is 36.5. The van der Waals surface area contributed by atoms with Gasteiger partial charge in [0.2, 0.25) is 0 Å². The highest BCUT2D eigenvalue weighted by molar-refractivity contribution is 5.78. The molecule has 35 atom stereocenters. The molecule has 9 N–H and O–H groups in total. The molecule has 0 saturated heterocycles. The van der Waals surface area contributed by atoms with E-state index in [0.29, 0.717) is 126 Å². The molecule has 35 unspecified atom stereocenters. The van der Waals surface area contributed by atoms with E-state index >= 15 is 0 Å². The molecule has 19 heteroatoms. The highest BCUT2D eigenvalue weighted by Gasteiger charge is 2.56. The first-order valence-electron chi connectivity index (χ1n) is 39.8. The van der Waals surface area contributed by atoms with Gasteiger partial charge in [-0.2, -0.15) is 0 Å². The van der Waals surface area contributed by atoms with Gasteiger partial charge in [0, 0.05) is 12.8 Å². The van der Waals surface area contributed by atoms with Gasteiger partial charge in [-0.25, -0.2) is 9.59 Å². The number of fused-ring (bicyclic) bond motifs is 12. The van der Waals surface area contributed by atoms with Gasteiger partial charge in [0.05, 0.1) is 24.2 Å². The summed E-state index contributed by atoms with van der Waals surface area (Å²) < 4.78 is 9.84. The van der Waals surface area contributed by atoms with Gasteiger partial charge in [-0.15, -0.1) is 0 Å². The van der Waals surface area contributed by atoms with Crippen LogP contribution in [0.2, 0.25) is 0 Å². The molecule has 13 aliphatic rings. The maximum absolute atomic E-state index is 11.9. The van der Waals surface area contributed by atoms with E-state index in [9.17, 15) is 48.6 Å². The van der Waals surface area contributed by atoms with Crippen molar-refractivity contribution in [1.82, 2.24) is 0 Å². The lowest BCUT2D eigenvalue weighted by molar-refractivity contribution is -0.160. The van der Waals surface area contributed by atoms with Crippen LogP contribution in [0.25, 0.3) is 0 Å². The van der Waals surface area contributed by atoms with Gasteiger partial charge in [-0.1, -0.05) is 116 Å². The Balaban J connectivity index is 0.000000166. The average Bonchev–Trinajstić information content (AvgIpc) is 1.67. The number of aliphatic carboxylic acids is 6. The molecule has 0 amide bonds. The number of esters is 2. The van der Waals surface area contributed by atoms with Crippen molar-refractivity contribution in [1.29, 1.82) is 0 Å². The molecule has 13 rings (SSSR count). The van der Waals surface area contributed by atoms with E-state index in [0.717, 1.165) is 136 Å². The minimum absolute atomic E-state index is 0.00343. The zero-order valence-electron chi connectivity index (χ0n) is 63.8. The van der Waals surface area contributed by atoms with Crippen LogP contribution in [0.1, 0.15) is 232 Å². The second-order valence-electron chi connectivity index (χ2n) is 35.6. The summed E-state index contributed by atoms with van der Waals surface area (Å²) in [6.45, 7) is 34.5. The van der Waals surface area contributed by atoms with E-state index in [1.54, 1.807) is 0 Å². The van der Waals surface area contributed by atoms with Crippen LogP contribution in [0.15, 0.2) is 12.3 Å². The first kappa shape index (κ1) is 83.5. The number of aliphatic hydroxyl groups is 3. The Morgan fingerprint density at radius 2 is 0.782 bits per heavy atom. The van der Waals surface area contributed by atoms with Gasteiger partial charge in [0.25, 0.3) is 0 Å². The van der Waals surface area contributed by atoms with Crippen LogP contribution < -0.4 is 0 Å². The van der Waals surface area contributed by atoms with Crippen LogP contribution in [-0.2, 0) is 47.8 Å². The Kier molecular flexibility index (Phi) is 30.2. The Hall–Kier alpha value is -4.78. The summed E-state index contributed by atoms with van der Waals surface area (Å²) in [5.74, 6) is 14.2. The minimum Gasteiger partial charge on any atom is -0.510 e. The number of aliphatic hydroxyl groups excluding tert-OH is 3. The number of ether oxygens (including phenoxy) is 2. The number of carbonyl (C=O) groups is 8. The van der Waals surface area contributed by atoms with E-state index in [1.807, 2.05) is 0 Å². The predicted octanol–water partition coefficient (Wildman–Crippen LogP) is 15.3. The Morgan fingerprint density at radius 1 is 0.386 bits per heavy atom. The molecule has 0 radical (unpaired) electrons. The fourth-order valence-electron chi connectivity index (χ4n) is 24.0. The fraction of sp³-hybridized carbons (Fsp3) is 0.878. The third-order valence-corrected chi connectivity index (χ3v) is 31.3. The molecule has 0 aromatic rings. The Bertz CT molecular complexity index is 2790. The quantitative estimate of drug-likeness (QED) is 0.0404. The Morgan fingerprint density at radius 3 is 1.14 bits per heavy atom. The topological polar surface area (TPSA) is 337 Å². The van der Waals surface area contributed by atoms with E-state index in [2.05, 4.69) is 104 Å². The lowest BCUT2D eigenvalue weighted by Gasteiger charge is -2.32. The zero-order chi connectivity index (χ0) is 75.1. The van der Waals surface area contributed by atoms with Crippen molar-refractivity contribution in [2.24, 2.45) is 195 Å². The lowest BCUT2D eigenvalue weighted by Crippen LogP contribution is -2.37. The second-order valence-corrected chi connectivity index (χ2v) is 35.6. The molecule has 0 spiro atoms. The summed E-state index contributed by atoms with van der Waals surface area (Å²) in [5, 5.41) is 80.3. The largest absolute Gasteiger partial charge is 0.510 e. The van der Waals surface area contributed by atoms with Crippen molar-refractivity contribution in [2.75, 3.05) is 13.2 Å². The SMILES string of the molecule is C=C(O)C(O)CC1CC2CC1C(C)C2C.CC1C2CC(C(=O)OCC(=O)O)C(C2)C1C.CC1C2CC(C(=O)OCCC(=O)O)C(C2)C1C.CC1C2CC(C(O)C(=O)O)C(C2)C1C.CC1C2CC(CC(=O)O)C(C2)C1C.CC1C2CC(CCC(=O)O)C(C2)C1C.CCC1CC(CC)C(C(=O)O)C1. The summed E-state index contributed by atoms with van der Waals surface area (Å²) >= 11 is 0. The molecule has 0 aromatic carbocycles. The maximum Gasteiger partial charge on any atom is 0.341 e. The van der Waals surface area contributed by atoms with E-state index in [4.69, 9.17) is 45.2 Å². The van der Waals surface area contributed by atoms with E-state index in [1.165, 1.54) is 38.5 Å². The highest BCUT2D eigenvalue weighted by atomic mass is 16.6. The summed E-state index contributed by atoms with van der Waals surface area (Å²) in [5.41, 5.74) is 0. The zero-order valence-corrected chi connectivity index (χ0v) is 63.8. The Labute approximate surface area is 603 Å². The number of hydrogen-bond acceptors (Lipinski definition) is 13. The molecule has 101 heavy (non-hydrogen) atoms. The first-order valence-corrected chi connectivity index (χ1v) is 39.8. The number of carbonyl (C=O) groups excluding carboxylic acids is 2. The summed E-state index contributed by atoms with van der Waals surface area (Å²) in [4.78, 5) is 86.9. The number of carboxylic acid groups (broad SMARTS) is 6. The van der Waals surface area contributed by atoms with Crippen molar-refractivity contribution in [2.45, 2.75) is 244 Å². The molecular weight excluding hydrogens is 1290 g/mol. The third kappa shape index (κ3) is 20.0. The molecule has 12 bridgehead atoms. The van der Waals surface area contributed by atoms with Crippen molar-refractivity contribution >= 4 is 47.8 Å². The van der Waals surface area contributed by atoms with Gasteiger partial charge < -0.3 is 55.4 Å². The van der Waals surface area contributed by atoms with Gasteiger partial charge in [0.15, 0.2) is 12.7 Å². The summed E-state index contributed by atoms with van der Waals surface area (Å²) in [7, 11) is 0. The van der Waals surface area contributed by atoms with Crippen molar-refractivity contribution < 1.29 is 93.8 Å². The van der Waals surface area contributed by atoms with Crippen LogP contribution in [0.3, 0.4) is 0 Å². The van der Waals surface area contributed by atoms with Crippen molar-refractivity contribution in [3.05, 3.63) is 12.3 Å². The maximum atomic E-state index is 11.9.